The van der Waals surface area contributed by atoms with Crippen LogP contribution in [0, 0.1) is 0 Å². The number of nitrogens with zero attached hydrogens (tertiary/aromatic N) is 3. The van der Waals surface area contributed by atoms with E-state index in [0.717, 1.165) is 13.1 Å². The molecule has 1 atom stereocenters. The van der Waals surface area contributed by atoms with E-state index in [1.54, 1.807) is 0 Å². The zero-order valence-corrected chi connectivity index (χ0v) is 12.1. The molecule has 0 bridgehead atoms. The zero-order valence-electron chi connectivity index (χ0n) is 12.1. The Bertz CT molecular complexity index is 377. The minimum Gasteiger partial charge on any atom is -0.309 e. The molecule has 2 rings (SSSR count). The molecule has 1 aromatic heterocycles. The van der Waals surface area contributed by atoms with Crippen molar-refractivity contribution in [2.45, 2.75) is 51.7 Å². The Kier molecular flexibility index (Phi) is 4.07. The molecule has 0 aliphatic carbocycles. The van der Waals surface area contributed by atoms with Crippen molar-refractivity contribution in [2.75, 3.05) is 20.1 Å². The van der Waals surface area contributed by atoms with Gasteiger partial charge in [0.05, 0.1) is 11.7 Å². The molecule has 4 nitrogen and oxygen atoms in total. The number of piperidine rings is 1. The van der Waals surface area contributed by atoms with E-state index in [2.05, 4.69) is 49.3 Å². The molecule has 1 aliphatic heterocycles. The SMILES string of the molecule is CN1CCCC(NCc2cnn(C(C)(C)C)c2)C1. The Hall–Kier alpha value is -0.870. The fourth-order valence-electron chi connectivity index (χ4n) is 2.41. The van der Waals surface area contributed by atoms with Gasteiger partial charge in [-0.2, -0.15) is 5.10 Å². The number of nitrogens with one attached hydrogen (secondary N) is 1. The summed E-state index contributed by atoms with van der Waals surface area (Å²) in [4.78, 5) is 2.40. The molecule has 1 N–H and O–H groups in total. The highest BCUT2D eigenvalue weighted by atomic mass is 15.3. The van der Waals surface area contributed by atoms with Gasteiger partial charge >= 0.3 is 0 Å². The maximum atomic E-state index is 4.43. The van der Waals surface area contributed by atoms with E-state index in [4.69, 9.17) is 0 Å². The Balaban J connectivity index is 1.85. The lowest BCUT2D eigenvalue weighted by molar-refractivity contribution is 0.226. The van der Waals surface area contributed by atoms with Crippen LogP contribution in [0.5, 0.6) is 0 Å². The number of likely N-dealkylation sites (N-methyl/N-ethyl adjacent to an activating group) is 1. The van der Waals surface area contributed by atoms with Gasteiger partial charge in [-0.3, -0.25) is 4.68 Å². The van der Waals surface area contributed by atoms with Gasteiger partial charge in [0.1, 0.15) is 0 Å². The van der Waals surface area contributed by atoms with Crippen molar-refractivity contribution in [1.29, 1.82) is 0 Å². The second kappa shape index (κ2) is 5.41. The molecule has 1 aliphatic rings. The van der Waals surface area contributed by atoms with Crippen LogP contribution in [0.3, 0.4) is 0 Å². The summed E-state index contributed by atoms with van der Waals surface area (Å²) in [6, 6.07) is 0.627. The molecule has 2 heterocycles. The molecule has 1 fully saturated rings. The van der Waals surface area contributed by atoms with Gasteiger partial charge in [0.2, 0.25) is 0 Å². The smallest absolute Gasteiger partial charge is 0.0543 e. The highest BCUT2D eigenvalue weighted by Crippen LogP contribution is 2.14. The molecule has 4 heteroatoms. The molecule has 102 valence electrons. The second-order valence-electron chi connectivity index (χ2n) is 6.45. The minimum absolute atomic E-state index is 0.0727. The predicted octanol–water partition coefficient (Wildman–Crippen LogP) is 1.82. The summed E-state index contributed by atoms with van der Waals surface area (Å²) >= 11 is 0. The van der Waals surface area contributed by atoms with Crippen molar-refractivity contribution in [3.8, 4) is 0 Å². The quantitative estimate of drug-likeness (QED) is 0.888. The van der Waals surface area contributed by atoms with Crippen molar-refractivity contribution in [1.82, 2.24) is 20.0 Å². The van der Waals surface area contributed by atoms with Gasteiger partial charge in [-0.15, -0.1) is 0 Å². The first-order valence-corrected chi connectivity index (χ1v) is 6.91. The Morgan fingerprint density at radius 3 is 2.83 bits per heavy atom. The number of hydrogen-bond acceptors (Lipinski definition) is 3. The van der Waals surface area contributed by atoms with E-state index < -0.39 is 0 Å². The van der Waals surface area contributed by atoms with E-state index in [9.17, 15) is 0 Å². The van der Waals surface area contributed by atoms with Crippen molar-refractivity contribution >= 4 is 0 Å². The highest BCUT2D eigenvalue weighted by Gasteiger charge is 2.17. The third-order valence-electron chi connectivity index (χ3n) is 3.54. The van der Waals surface area contributed by atoms with Crippen LogP contribution in [0.15, 0.2) is 12.4 Å². The monoisotopic (exact) mass is 250 g/mol. The molecule has 1 unspecified atom stereocenters. The largest absolute Gasteiger partial charge is 0.309 e. The third-order valence-corrected chi connectivity index (χ3v) is 3.54. The third kappa shape index (κ3) is 3.56. The average Bonchev–Trinajstić information content (AvgIpc) is 2.74. The number of likely N-dealkylation sites (tertiary alicyclic amines) is 1. The van der Waals surface area contributed by atoms with Crippen LogP contribution in [0.25, 0.3) is 0 Å². The van der Waals surface area contributed by atoms with Gasteiger partial charge in [0, 0.05) is 30.9 Å². The average molecular weight is 250 g/mol. The Morgan fingerprint density at radius 2 is 2.22 bits per heavy atom. The lowest BCUT2D eigenvalue weighted by Crippen LogP contribution is -2.43. The fraction of sp³-hybridized carbons (Fsp3) is 0.786. The summed E-state index contributed by atoms with van der Waals surface area (Å²) in [7, 11) is 2.20. The molecule has 0 radical (unpaired) electrons. The normalized spacial score (nSPS) is 22.3. The van der Waals surface area contributed by atoms with Crippen LogP contribution < -0.4 is 5.32 Å². The molecule has 0 amide bonds. The lowest BCUT2D eigenvalue weighted by Gasteiger charge is -2.30. The minimum atomic E-state index is 0.0727. The number of rotatable bonds is 3. The van der Waals surface area contributed by atoms with Crippen molar-refractivity contribution in [3.63, 3.8) is 0 Å². The lowest BCUT2D eigenvalue weighted by atomic mass is 10.1. The second-order valence-corrected chi connectivity index (χ2v) is 6.45. The Morgan fingerprint density at radius 1 is 1.44 bits per heavy atom. The molecule has 1 saturated heterocycles. The van der Waals surface area contributed by atoms with E-state index in [1.165, 1.54) is 24.9 Å². The van der Waals surface area contributed by atoms with E-state index in [-0.39, 0.29) is 5.54 Å². The van der Waals surface area contributed by atoms with Crippen LogP contribution >= 0.6 is 0 Å². The molecule has 0 saturated carbocycles. The van der Waals surface area contributed by atoms with E-state index in [0.29, 0.717) is 6.04 Å². The fourth-order valence-corrected chi connectivity index (χ4v) is 2.41. The van der Waals surface area contributed by atoms with Gasteiger partial charge in [0.25, 0.3) is 0 Å². The highest BCUT2D eigenvalue weighted by molar-refractivity contribution is 5.05. The molecule has 1 aromatic rings. The topological polar surface area (TPSA) is 33.1 Å². The summed E-state index contributed by atoms with van der Waals surface area (Å²) in [6.07, 6.45) is 6.72. The summed E-state index contributed by atoms with van der Waals surface area (Å²) in [5.41, 5.74) is 1.35. The Labute approximate surface area is 110 Å². The molecular weight excluding hydrogens is 224 g/mol. The summed E-state index contributed by atoms with van der Waals surface area (Å²) in [5, 5.41) is 8.07. The van der Waals surface area contributed by atoms with Gasteiger partial charge in [-0.1, -0.05) is 0 Å². The molecule has 18 heavy (non-hydrogen) atoms. The van der Waals surface area contributed by atoms with Gasteiger partial charge < -0.3 is 10.2 Å². The first-order chi connectivity index (χ1) is 8.45. The first-order valence-electron chi connectivity index (χ1n) is 6.91. The van der Waals surface area contributed by atoms with Gasteiger partial charge in [-0.05, 0) is 47.2 Å². The molecule has 0 aromatic carbocycles. The predicted molar refractivity (Wildman–Crippen MR) is 74.6 cm³/mol. The van der Waals surface area contributed by atoms with E-state index >= 15 is 0 Å². The van der Waals surface area contributed by atoms with E-state index in [1.807, 2.05) is 10.9 Å². The maximum Gasteiger partial charge on any atom is 0.0543 e. The standard InChI is InChI=1S/C14H26N4/c1-14(2,3)18-10-12(9-16-18)8-15-13-6-5-7-17(4)11-13/h9-10,13,15H,5-8,11H2,1-4H3. The summed E-state index contributed by atoms with van der Waals surface area (Å²) in [5.74, 6) is 0. The zero-order chi connectivity index (χ0) is 13.2. The maximum absolute atomic E-state index is 4.43. The van der Waals surface area contributed by atoms with Crippen LogP contribution in [-0.2, 0) is 12.1 Å². The van der Waals surface area contributed by atoms with Gasteiger partial charge in [0.15, 0.2) is 0 Å². The molecular formula is C14H26N4. The molecule has 0 spiro atoms. The number of hydrogen-bond donors (Lipinski definition) is 1. The van der Waals surface area contributed by atoms with Crippen molar-refractivity contribution in [3.05, 3.63) is 18.0 Å². The summed E-state index contributed by atoms with van der Waals surface area (Å²) in [6.45, 7) is 9.84. The van der Waals surface area contributed by atoms with Gasteiger partial charge in [-0.25, -0.2) is 0 Å². The number of aromatic nitrogens is 2. The summed E-state index contributed by atoms with van der Waals surface area (Å²) < 4.78 is 2.04. The first kappa shape index (κ1) is 13.6. The van der Waals surface area contributed by atoms with Crippen molar-refractivity contribution < 1.29 is 0 Å². The van der Waals surface area contributed by atoms with Crippen LogP contribution in [0.2, 0.25) is 0 Å². The van der Waals surface area contributed by atoms with Crippen LogP contribution in [0.1, 0.15) is 39.2 Å². The van der Waals surface area contributed by atoms with Crippen LogP contribution in [0.4, 0.5) is 0 Å². The van der Waals surface area contributed by atoms with Crippen LogP contribution in [-0.4, -0.2) is 40.9 Å². The van der Waals surface area contributed by atoms with Crippen molar-refractivity contribution in [2.24, 2.45) is 0 Å².